The predicted molar refractivity (Wildman–Crippen MR) is 124 cm³/mol. The van der Waals surface area contributed by atoms with Crippen LogP contribution in [-0.4, -0.2) is 45.4 Å². The van der Waals surface area contributed by atoms with Crippen LogP contribution in [0, 0.1) is 13.8 Å². The second-order valence-electron chi connectivity index (χ2n) is 6.92. The van der Waals surface area contributed by atoms with E-state index in [1.807, 2.05) is 29.0 Å². The van der Waals surface area contributed by atoms with Crippen LogP contribution in [0.5, 0.6) is 0 Å². The second kappa shape index (κ2) is 9.86. The van der Waals surface area contributed by atoms with Gasteiger partial charge >= 0.3 is 0 Å². The number of imidazole rings is 1. The first kappa shape index (κ1) is 22.0. The molecule has 0 spiro atoms. The zero-order valence-electron chi connectivity index (χ0n) is 17.4. The summed E-state index contributed by atoms with van der Waals surface area (Å²) in [6.07, 6.45) is 3.65. The molecule has 3 aromatic rings. The van der Waals surface area contributed by atoms with E-state index in [9.17, 15) is 9.59 Å². The van der Waals surface area contributed by atoms with Crippen molar-refractivity contribution in [1.29, 1.82) is 0 Å². The van der Waals surface area contributed by atoms with Crippen molar-refractivity contribution < 1.29 is 9.59 Å². The van der Waals surface area contributed by atoms with Crippen LogP contribution in [0.2, 0.25) is 0 Å². The van der Waals surface area contributed by atoms with Crippen LogP contribution in [0.15, 0.2) is 64.9 Å². The largest absolute Gasteiger partial charge is 0.339 e. The van der Waals surface area contributed by atoms with Crippen molar-refractivity contribution in [2.24, 2.45) is 0 Å². The fraction of sp³-hybridized carbons (Fsp3) is 0.227. The van der Waals surface area contributed by atoms with Crippen LogP contribution in [0.4, 0.5) is 10.5 Å². The van der Waals surface area contributed by atoms with Crippen LogP contribution in [0.1, 0.15) is 11.1 Å². The highest BCUT2D eigenvalue weighted by Crippen LogP contribution is 2.25. The maximum atomic E-state index is 12.4. The highest BCUT2D eigenvalue weighted by atomic mass is 32.2. The topological polar surface area (TPSA) is 67.2 Å². The molecule has 0 saturated carbocycles. The quantitative estimate of drug-likeness (QED) is 0.547. The van der Waals surface area contributed by atoms with Crippen molar-refractivity contribution in [2.75, 3.05) is 25.2 Å². The number of benzene rings is 2. The zero-order chi connectivity index (χ0) is 21.7. The van der Waals surface area contributed by atoms with Crippen LogP contribution in [0.25, 0.3) is 5.69 Å². The minimum absolute atomic E-state index is 0.0393. The number of aryl methyl sites for hydroxylation is 1. The van der Waals surface area contributed by atoms with Gasteiger partial charge in [-0.25, -0.2) is 4.98 Å². The second-order valence-corrected chi connectivity index (χ2v) is 8.89. The van der Waals surface area contributed by atoms with Gasteiger partial charge in [-0.1, -0.05) is 23.9 Å². The summed E-state index contributed by atoms with van der Waals surface area (Å²) in [6.45, 7) is 4.16. The minimum atomic E-state index is -0.111. The molecule has 1 aromatic heterocycles. The van der Waals surface area contributed by atoms with E-state index in [2.05, 4.69) is 36.3 Å². The van der Waals surface area contributed by atoms with Crippen LogP contribution in [-0.2, 0) is 4.79 Å². The van der Waals surface area contributed by atoms with Crippen molar-refractivity contribution in [2.45, 2.75) is 23.9 Å². The SMILES string of the molecule is Cc1cccc(-n2ccnc2SCC(=O)Nc2ccc(SC(=O)N(C)C)cc2)c1C. The first-order chi connectivity index (χ1) is 14.3. The highest BCUT2D eigenvalue weighted by molar-refractivity contribution is 8.13. The smallest absolute Gasteiger partial charge is 0.285 e. The number of rotatable bonds is 6. The summed E-state index contributed by atoms with van der Waals surface area (Å²) in [5, 5.41) is 3.62. The summed E-state index contributed by atoms with van der Waals surface area (Å²) < 4.78 is 2.01. The van der Waals surface area contributed by atoms with Gasteiger partial charge in [-0.05, 0) is 67.1 Å². The molecule has 1 heterocycles. The molecule has 6 nitrogen and oxygen atoms in total. The molecule has 1 N–H and O–H groups in total. The third kappa shape index (κ3) is 5.46. The van der Waals surface area contributed by atoms with Crippen molar-refractivity contribution in [3.63, 3.8) is 0 Å². The van der Waals surface area contributed by atoms with Gasteiger partial charge in [-0.3, -0.25) is 14.2 Å². The Balaban J connectivity index is 1.59. The van der Waals surface area contributed by atoms with Gasteiger partial charge in [0.2, 0.25) is 5.91 Å². The number of nitrogens with one attached hydrogen (secondary N) is 1. The third-order valence-corrected chi connectivity index (χ3v) is 6.50. The van der Waals surface area contributed by atoms with Gasteiger partial charge in [-0.15, -0.1) is 0 Å². The van der Waals surface area contributed by atoms with Gasteiger partial charge < -0.3 is 10.2 Å². The number of anilines is 1. The number of hydrogen-bond acceptors (Lipinski definition) is 5. The number of nitrogens with zero attached hydrogens (tertiary/aromatic N) is 3. The summed E-state index contributed by atoms with van der Waals surface area (Å²) >= 11 is 2.54. The molecule has 8 heteroatoms. The van der Waals surface area contributed by atoms with Crippen molar-refractivity contribution >= 4 is 40.4 Å². The van der Waals surface area contributed by atoms with Crippen molar-refractivity contribution in [3.8, 4) is 5.69 Å². The Morgan fingerprint density at radius 1 is 1.10 bits per heavy atom. The molecule has 0 radical (unpaired) electrons. The molecule has 156 valence electrons. The summed E-state index contributed by atoms with van der Waals surface area (Å²) in [5.74, 6) is 0.137. The van der Waals surface area contributed by atoms with Gasteiger partial charge in [0.1, 0.15) is 0 Å². The number of aromatic nitrogens is 2. The Morgan fingerprint density at radius 2 is 1.83 bits per heavy atom. The van der Waals surface area contributed by atoms with E-state index in [1.165, 1.54) is 27.8 Å². The van der Waals surface area contributed by atoms with Gasteiger partial charge in [0, 0.05) is 37.1 Å². The van der Waals surface area contributed by atoms with Crippen LogP contribution in [0.3, 0.4) is 0 Å². The fourth-order valence-electron chi connectivity index (χ4n) is 2.70. The van der Waals surface area contributed by atoms with Gasteiger partial charge in [-0.2, -0.15) is 0 Å². The molecular formula is C22H24N4O2S2. The Kier molecular flexibility index (Phi) is 7.23. The molecule has 0 aliphatic carbocycles. The van der Waals surface area contributed by atoms with Gasteiger partial charge in [0.05, 0.1) is 11.4 Å². The molecular weight excluding hydrogens is 416 g/mol. The van der Waals surface area contributed by atoms with E-state index >= 15 is 0 Å². The Hall–Kier alpha value is -2.71. The summed E-state index contributed by atoms with van der Waals surface area (Å²) in [4.78, 5) is 30.9. The predicted octanol–water partition coefficient (Wildman–Crippen LogP) is 4.99. The molecule has 3 rings (SSSR count). The van der Waals surface area contributed by atoms with E-state index in [0.717, 1.165) is 27.5 Å². The molecule has 0 unspecified atom stereocenters. The minimum Gasteiger partial charge on any atom is -0.339 e. The lowest BCUT2D eigenvalue weighted by Gasteiger charge is -2.12. The first-order valence-corrected chi connectivity index (χ1v) is 11.2. The average Bonchev–Trinajstić information content (AvgIpc) is 3.18. The monoisotopic (exact) mass is 440 g/mol. The van der Waals surface area contributed by atoms with Crippen LogP contribution < -0.4 is 5.32 Å². The number of hydrogen-bond donors (Lipinski definition) is 1. The summed E-state index contributed by atoms with van der Waals surface area (Å²) in [7, 11) is 3.43. The molecule has 0 atom stereocenters. The molecule has 0 bridgehead atoms. The van der Waals surface area contributed by atoms with E-state index in [4.69, 9.17) is 0 Å². The Morgan fingerprint density at radius 3 is 2.53 bits per heavy atom. The molecule has 0 fully saturated rings. The van der Waals surface area contributed by atoms with E-state index in [1.54, 1.807) is 32.4 Å². The number of amides is 2. The number of carbonyl (C=O) groups is 2. The first-order valence-electron chi connectivity index (χ1n) is 9.37. The van der Waals surface area contributed by atoms with Crippen LogP contribution >= 0.6 is 23.5 Å². The standard InChI is InChI=1S/C22H24N4O2S2/c1-15-6-5-7-19(16(15)2)26-13-12-23-21(26)29-14-20(27)24-17-8-10-18(11-9-17)30-22(28)25(3)4/h5-13H,14H2,1-4H3,(H,24,27). The Labute approximate surface area is 185 Å². The average molecular weight is 441 g/mol. The molecule has 0 aliphatic rings. The van der Waals surface area contributed by atoms with E-state index in [0.29, 0.717) is 5.69 Å². The molecule has 2 amide bonds. The summed E-state index contributed by atoms with van der Waals surface area (Å²) in [6, 6.07) is 13.4. The Bertz CT molecular complexity index is 1050. The molecule has 0 saturated heterocycles. The molecule has 0 aliphatic heterocycles. The molecule has 2 aromatic carbocycles. The summed E-state index contributed by atoms with van der Waals surface area (Å²) in [5.41, 5.74) is 4.16. The zero-order valence-corrected chi connectivity index (χ0v) is 19.0. The highest BCUT2D eigenvalue weighted by Gasteiger charge is 2.12. The van der Waals surface area contributed by atoms with E-state index in [-0.39, 0.29) is 16.9 Å². The normalized spacial score (nSPS) is 10.7. The third-order valence-electron chi connectivity index (χ3n) is 4.48. The lowest BCUT2D eigenvalue weighted by Crippen LogP contribution is -2.16. The van der Waals surface area contributed by atoms with Crippen molar-refractivity contribution in [1.82, 2.24) is 14.5 Å². The number of thioether (sulfide) groups is 2. The van der Waals surface area contributed by atoms with E-state index < -0.39 is 0 Å². The lowest BCUT2D eigenvalue weighted by atomic mass is 10.1. The lowest BCUT2D eigenvalue weighted by molar-refractivity contribution is -0.113. The fourth-order valence-corrected chi connectivity index (χ4v) is 4.12. The van der Waals surface area contributed by atoms with Gasteiger partial charge in [0.25, 0.3) is 5.24 Å². The number of carbonyl (C=O) groups excluding carboxylic acids is 2. The maximum Gasteiger partial charge on any atom is 0.285 e. The molecule has 30 heavy (non-hydrogen) atoms. The van der Waals surface area contributed by atoms with Crippen molar-refractivity contribution in [3.05, 3.63) is 66.0 Å². The maximum absolute atomic E-state index is 12.4. The van der Waals surface area contributed by atoms with Gasteiger partial charge in [0.15, 0.2) is 5.16 Å².